The van der Waals surface area contributed by atoms with Gasteiger partial charge < -0.3 is 10.2 Å². The molecule has 2 saturated heterocycles. The third-order valence-electron chi connectivity index (χ3n) is 2.99. The second-order valence-corrected chi connectivity index (χ2v) is 4.69. The second kappa shape index (κ2) is 2.98. The first-order chi connectivity index (χ1) is 6.14. The molecule has 13 heavy (non-hydrogen) atoms. The van der Waals surface area contributed by atoms with Crippen LogP contribution in [0.25, 0.3) is 0 Å². The van der Waals surface area contributed by atoms with E-state index in [-0.39, 0.29) is 5.54 Å². The number of rotatable bonds is 2. The zero-order chi connectivity index (χ0) is 9.47. The highest BCUT2D eigenvalue weighted by Gasteiger charge is 2.52. The highest BCUT2D eigenvalue weighted by Crippen LogP contribution is 2.31. The molecule has 74 valence electrons. The molecule has 1 N–H and O–H groups in total. The summed E-state index contributed by atoms with van der Waals surface area (Å²) in [6.07, 6.45) is 2.20. The lowest BCUT2D eigenvalue weighted by Gasteiger charge is -2.47. The molecule has 1 atom stereocenters. The van der Waals surface area contributed by atoms with Gasteiger partial charge in [0.05, 0.1) is 0 Å². The number of carbonyl (C=O) groups is 1. The molecular formula is C10H18N2O. The quantitative estimate of drug-likeness (QED) is 0.634. The van der Waals surface area contributed by atoms with Gasteiger partial charge in [-0.3, -0.25) is 4.79 Å². The van der Waals surface area contributed by atoms with Crippen LogP contribution in [-0.4, -0.2) is 36.0 Å². The molecule has 2 aliphatic heterocycles. The van der Waals surface area contributed by atoms with Gasteiger partial charge in [-0.1, -0.05) is 13.8 Å². The van der Waals surface area contributed by atoms with Crippen molar-refractivity contribution < 1.29 is 4.79 Å². The van der Waals surface area contributed by atoms with E-state index in [4.69, 9.17) is 0 Å². The summed E-state index contributed by atoms with van der Waals surface area (Å²) in [7, 11) is 0. The number of carbonyl (C=O) groups excluding carboxylic acids is 1. The number of nitrogens with one attached hydrogen (secondary N) is 1. The summed E-state index contributed by atoms with van der Waals surface area (Å²) in [6, 6.07) is 0. The predicted molar refractivity (Wildman–Crippen MR) is 51.4 cm³/mol. The van der Waals surface area contributed by atoms with Crippen LogP contribution in [0.3, 0.4) is 0 Å². The van der Waals surface area contributed by atoms with Crippen LogP contribution < -0.4 is 5.32 Å². The van der Waals surface area contributed by atoms with Gasteiger partial charge >= 0.3 is 0 Å². The van der Waals surface area contributed by atoms with Crippen LogP contribution in [0.1, 0.15) is 26.7 Å². The number of amides is 1. The van der Waals surface area contributed by atoms with Crippen molar-refractivity contribution in [3.63, 3.8) is 0 Å². The average molecular weight is 182 g/mol. The van der Waals surface area contributed by atoms with Gasteiger partial charge in [0.2, 0.25) is 5.91 Å². The van der Waals surface area contributed by atoms with Crippen LogP contribution in [-0.2, 0) is 4.79 Å². The standard InChI is InChI=1S/C10H18N2O/c1-8(2)6-12-7-10(9(12)13)4-3-5-11-10/h8,11H,3-7H2,1-2H3. The first-order valence-electron chi connectivity index (χ1n) is 5.18. The Morgan fingerprint density at radius 1 is 1.62 bits per heavy atom. The molecular weight excluding hydrogens is 164 g/mol. The molecule has 2 aliphatic rings. The minimum absolute atomic E-state index is 0.130. The topological polar surface area (TPSA) is 32.3 Å². The molecule has 3 heteroatoms. The summed E-state index contributed by atoms with van der Waals surface area (Å²) >= 11 is 0. The van der Waals surface area contributed by atoms with Crippen molar-refractivity contribution in [2.75, 3.05) is 19.6 Å². The van der Waals surface area contributed by atoms with Crippen LogP contribution in [0.15, 0.2) is 0 Å². The van der Waals surface area contributed by atoms with Crippen LogP contribution in [0.5, 0.6) is 0 Å². The summed E-state index contributed by atoms with van der Waals surface area (Å²) in [5.41, 5.74) is -0.130. The predicted octanol–water partition coefficient (Wildman–Crippen LogP) is 0.607. The Morgan fingerprint density at radius 2 is 2.38 bits per heavy atom. The van der Waals surface area contributed by atoms with Crippen LogP contribution >= 0.6 is 0 Å². The van der Waals surface area contributed by atoms with E-state index >= 15 is 0 Å². The molecule has 0 aromatic heterocycles. The Morgan fingerprint density at radius 3 is 2.85 bits per heavy atom. The lowest BCUT2D eigenvalue weighted by molar-refractivity contribution is -0.152. The summed E-state index contributed by atoms with van der Waals surface area (Å²) in [5, 5.41) is 3.33. The van der Waals surface area contributed by atoms with Crippen molar-refractivity contribution in [1.29, 1.82) is 0 Å². The molecule has 2 rings (SSSR count). The lowest BCUT2D eigenvalue weighted by Crippen LogP contribution is -2.71. The van der Waals surface area contributed by atoms with Crippen molar-refractivity contribution in [3.8, 4) is 0 Å². The van der Waals surface area contributed by atoms with Crippen molar-refractivity contribution in [1.82, 2.24) is 10.2 Å². The Bertz CT molecular complexity index is 219. The zero-order valence-electron chi connectivity index (χ0n) is 8.47. The van der Waals surface area contributed by atoms with Crippen LogP contribution in [0.4, 0.5) is 0 Å². The summed E-state index contributed by atoms with van der Waals surface area (Å²) in [6.45, 7) is 7.17. The van der Waals surface area contributed by atoms with E-state index in [0.717, 1.165) is 32.5 Å². The molecule has 0 saturated carbocycles. The van der Waals surface area contributed by atoms with Gasteiger partial charge in [-0.2, -0.15) is 0 Å². The molecule has 1 unspecified atom stereocenters. The minimum atomic E-state index is -0.130. The Kier molecular flexibility index (Phi) is 2.06. The van der Waals surface area contributed by atoms with Gasteiger partial charge in [0, 0.05) is 13.1 Å². The molecule has 0 aromatic carbocycles. The van der Waals surface area contributed by atoms with Crippen molar-refractivity contribution in [2.45, 2.75) is 32.2 Å². The summed E-state index contributed by atoms with van der Waals surface area (Å²) in [5.74, 6) is 0.918. The molecule has 0 aliphatic carbocycles. The zero-order valence-corrected chi connectivity index (χ0v) is 8.47. The molecule has 3 nitrogen and oxygen atoms in total. The third-order valence-corrected chi connectivity index (χ3v) is 2.99. The van der Waals surface area contributed by atoms with E-state index in [2.05, 4.69) is 19.2 Å². The maximum Gasteiger partial charge on any atom is 0.244 e. The van der Waals surface area contributed by atoms with Gasteiger partial charge in [-0.15, -0.1) is 0 Å². The first kappa shape index (κ1) is 9.00. The van der Waals surface area contributed by atoms with E-state index in [1.165, 1.54) is 0 Å². The number of nitrogens with zero attached hydrogens (tertiary/aromatic N) is 1. The molecule has 0 aromatic rings. The fourth-order valence-corrected chi connectivity index (χ4v) is 2.39. The molecule has 1 spiro atoms. The van der Waals surface area contributed by atoms with Crippen molar-refractivity contribution in [2.24, 2.45) is 5.92 Å². The maximum absolute atomic E-state index is 11.8. The molecule has 0 bridgehead atoms. The van der Waals surface area contributed by atoms with E-state index in [1.807, 2.05) is 4.90 Å². The van der Waals surface area contributed by atoms with E-state index in [0.29, 0.717) is 11.8 Å². The Balaban J connectivity index is 1.92. The van der Waals surface area contributed by atoms with Gasteiger partial charge in [-0.05, 0) is 25.3 Å². The molecule has 2 heterocycles. The Hall–Kier alpha value is -0.570. The number of β-lactam (4-membered cyclic amide) rings is 1. The van der Waals surface area contributed by atoms with Crippen LogP contribution in [0.2, 0.25) is 0 Å². The molecule has 0 radical (unpaired) electrons. The normalized spacial score (nSPS) is 33.2. The first-order valence-corrected chi connectivity index (χ1v) is 5.18. The van der Waals surface area contributed by atoms with E-state index < -0.39 is 0 Å². The molecule has 2 fully saturated rings. The van der Waals surface area contributed by atoms with Crippen molar-refractivity contribution in [3.05, 3.63) is 0 Å². The third kappa shape index (κ3) is 1.35. The highest BCUT2D eigenvalue weighted by atomic mass is 16.2. The lowest BCUT2D eigenvalue weighted by atomic mass is 9.86. The smallest absolute Gasteiger partial charge is 0.244 e. The van der Waals surface area contributed by atoms with Gasteiger partial charge in [0.15, 0.2) is 0 Å². The highest BCUT2D eigenvalue weighted by molar-refractivity contribution is 5.93. The Labute approximate surface area is 79.5 Å². The fraction of sp³-hybridized carbons (Fsp3) is 0.900. The fourth-order valence-electron chi connectivity index (χ4n) is 2.39. The van der Waals surface area contributed by atoms with Gasteiger partial charge in [0.25, 0.3) is 0 Å². The monoisotopic (exact) mass is 182 g/mol. The molecule has 1 amide bonds. The van der Waals surface area contributed by atoms with Gasteiger partial charge in [0.1, 0.15) is 5.54 Å². The number of hydrogen-bond acceptors (Lipinski definition) is 2. The SMILES string of the molecule is CC(C)CN1CC2(CCCN2)C1=O. The summed E-state index contributed by atoms with van der Waals surface area (Å²) in [4.78, 5) is 13.8. The van der Waals surface area contributed by atoms with Gasteiger partial charge in [-0.25, -0.2) is 0 Å². The van der Waals surface area contributed by atoms with Crippen LogP contribution in [0, 0.1) is 5.92 Å². The van der Waals surface area contributed by atoms with E-state index in [9.17, 15) is 4.79 Å². The van der Waals surface area contributed by atoms with Crippen molar-refractivity contribution >= 4 is 5.91 Å². The average Bonchev–Trinajstić information content (AvgIpc) is 2.53. The van der Waals surface area contributed by atoms with E-state index in [1.54, 1.807) is 0 Å². The number of likely N-dealkylation sites (tertiary alicyclic amines) is 1. The summed E-state index contributed by atoms with van der Waals surface area (Å²) < 4.78 is 0. The largest absolute Gasteiger partial charge is 0.338 e. The second-order valence-electron chi connectivity index (χ2n) is 4.69. The number of hydrogen-bond donors (Lipinski definition) is 1. The minimum Gasteiger partial charge on any atom is -0.338 e. The maximum atomic E-state index is 11.8.